The number of hydrogen-bond donors (Lipinski definition) is 1. The molecule has 2 rings (SSSR count). The van der Waals surface area contributed by atoms with Crippen LogP contribution < -0.4 is 5.32 Å². The zero-order valence-electron chi connectivity index (χ0n) is 12.4. The lowest BCUT2D eigenvalue weighted by Crippen LogP contribution is -2.59. The van der Waals surface area contributed by atoms with Crippen LogP contribution in [0, 0.1) is 0 Å². The number of piperidine rings is 1. The van der Waals surface area contributed by atoms with E-state index in [1.54, 1.807) is 0 Å². The summed E-state index contributed by atoms with van der Waals surface area (Å²) < 4.78 is 0. The number of benzene rings is 1. The van der Waals surface area contributed by atoms with Crippen LogP contribution in [0.15, 0.2) is 30.3 Å². The predicted octanol–water partition coefficient (Wildman–Crippen LogP) is 3.44. The minimum atomic E-state index is 0.0858. The van der Waals surface area contributed by atoms with Gasteiger partial charge in [0.25, 0.3) is 0 Å². The largest absolute Gasteiger partial charge is 0.307 e. The Hall–Kier alpha value is -0.900. The van der Waals surface area contributed by atoms with Crippen LogP contribution in [0.2, 0.25) is 0 Å². The minimum absolute atomic E-state index is 0.0858. The molecule has 0 aliphatic carbocycles. The Morgan fingerprint density at radius 1 is 1.05 bits per heavy atom. The van der Waals surface area contributed by atoms with Crippen molar-refractivity contribution in [3.63, 3.8) is 0 Å². The van der Waals surface area contributed by atoms with Crippen molar-refractivity contribution in [3.05, 3.63) is 35.9 Å². The van der Waals surface area contributed by atoms with E-state index in [1.807, 2.05) is 30.3 Å². The van der Waals surface area contributed by atoms with Crippen LogP contribution in [0.25, 0.3) is 0 Å². The molecule has 0 unspecified atom stereocenters. The minimum Gasteiger partial charge on any atom is -0.307 e. The highest BCUT2D eigenvalue weighted by molar-refractivity contribution is 5.13. The number of nitrogens with one attached hydrogen (secondary N) is 1. The van der Waals surface area contributed by atoms with E-state index in [4.69, 9.17) is 9.78 Å². The van der Waals surface area contributed by atoms with Crippen molar-refractivity contribution >= 4 is 0 Å². The van der Waals surface area contributed by atoms with E-state index in [9.17, 15) is 0 Å². The summed E-state index contributed by atoms with van der Waals surface area (Å²) in [6, 6.07) is 10.1. The molecule has 0 saturated carbocycles. The zero-order chi connectivity index (χ0) is 13.9. The summed E-state index contributed by atoms with van der Waals surface area (Å²) in [5.74, 6) is 0. The Kier molecular flexibility index (Phi) is 4.29. The second-order valence-electron chi connectivity index (χ2n) is 6.77. The summed E-state index contributed by atoms with van der Waals surface area (Å²) in [6.07, 6.45) is 2.08. The smallest absolute Gasteiger partial charge is 0.107 e. The molecule has 106 valence electrons. The summed E-state index contributed by atoms with van der Waals surface area (Å²) >= 11 is 0. The molecule has 0 atom stereocenters. The summed E-state index contributed by atoms with van der Waals surface area (Å²) in [5, 5.41) is 3.63. The second kappa shape index (κ2) is 5.61. The molecule has 1 aliphatic heterocycles. The molecule has 1 N–H and O–H groups in total. The van der Waals surface area contributed by atoms with E-state index in [-0.39, 0.29) is 17.2 Å². The molecule has 0 radical (unpaired) electrons. The Labute approximate surface area is 116 Å². The molecule has 1 aromatic rings. The van der Waals surface area contributed by atoms with E-state index in [0.717, 1.165) is 18.4 Å². The molecule has 0 bridgehead atoms. The van der Waals surface area contributed by atoms with Crippen molar-refractivity contribution in [3.8, 4) is 0 Å². The van der Waals surface area contributed by atoms with Crippen LogP contribution in [-0.2, 0) is 16.4 Å². The lowest BCUT2D eigenvalue weighted by Gasteiger charge is -2.45. The SMILES string of the molecule is CC1(C)CC(OOCc2ccccc2)CC(C)(C)N1. The van der Waals surface area contributed by atoms with E-state index in [2.05, 4.69) is 33.0 Å². The van der Waals surface area contributed by atoms with Gasteiger partial charge in [-0.1, -0.05) is 30.3 Å². The molecule has 3 nitrogen and oxygen atoms in total. The Bertz CT molecular complexity index is 384. The summed E-state index contributed by atoms with van der Waals surface area (Å²) in [4.78, 5) is 11.0. The standard InChI is InChI=1S/C16H25NO2/c1-15(2)10-14(11-16(3,4)17-15)19-18-12-13-8-6-5-7-9-13/h5-9,14,17H,10-12H2,1-4H3. The first-order valence-electron chi connectivity index (χ1n) is 6.98. The zero-order valence-corrected chi connectivity index (χ0v) is 12.4. The van der Waals surface area contributed by atoms with E-state index < -0.39 is 0 Å². The van der Waals surface area contributed by atoms with Gasteiger partial charge in [-0.3, -0.25) is 0 Å². The van der Waals surface area contributed by atoms with Gasteiger partial charge in [-0.05, 0) is 46.1 Å². The highest BCUT2D eigenvalue weighted by atomic mass is 17.2. The van der Waals surface area contributed by atoms with Gasteiger partial charge in [-0.15, -0.1) is 0 Å². The van der Waals surface area contributed by atoms with Crippen molar-refractivity contribution < 1.29 is 9.78 Å². The maximum Gasteiger partial charge on any atom is 0.107 e. The number of hydrogen-bond acceptors (Lipinski definition) is 3. The highest BCUT2D eigenvalue weighted by Gasteiger charge is 2.38. The van der Waals surface area contributed by atoms with E-state index >= 15 is 0 Å². The first-order valence-corrected chi connectivity index (χ1v) is 6.98. The van der Waals surface area contributed by atoms with Gasteiger partial charge in [-0.25, -0.2) is 9.78 Å². The molecular formula is C16H25NO2. The van der Waals surface area contributed by atoms with Gasteiger partial charge >= 0.3 is 0 Å². The molecule has 3 heteroatoms. The summed E-state index contributed by atoms with van der Waals surface area (Å²) in [5.41, 5.74) is 1.31. The van der Waals surface area contributed by atoms with Crippen molar-refractivity contribution in [2.75, 3.05) is 0 Å². The third-order valence-electron chi connectivity index (χ3n) is 3.43. The maximum atomic E-state index is 5.62. The molecule has 0 spiro atoms. The van der Waals surface area contributed by atoms with Gasteiger partial charge < -0.3 is 5.32 Å². The fraction of sp³-hybridized carbons (Fsp3) is 0.625. The fourth-order valence-corrected chi connectivity index (χ4v) is 3.07. The Balaban J connectivity index is 1.82. The second-order valence-corrected chi connectivity index (χ2v) is 6.77. The predicted molar refractivity (Wildman–Crippen MR) is 76.6 cm³/mol. The molecule has 1 fully saturated rings. The average Bonchev–Trinajstić information content (AvgIpc) is 2.26. The molecule has 1 aromatic carbocycles. The molecule has 1 saturated heterocycles. The van der Waals surface area contributed by atoms with E-state index in [1.165, 1.54) is 0 Å². The van der Waals surface area contributed by atoms with Gasteiger partial charge in [0.2, 0.25) is 0 Å². The average molecular weight is 263 g/mol. The van der Waals surface area contributed by atoms with E-state index in [0.29, 0.717) is 6.61 Å². The third-order valence-corrected chi connectivity index (χ3v) is 3.43. The van der Waals surface area contributed by atoms with Crippen LogP contribution in [0.3, 0.4) is 0 Å². The molecule has 19 heavy (non-hydrogen) atoms. The van der Waals surface area contributed by atoms with Crippen LogP contribution >= 0.6 is 0 Å². The molecule has 0 amide bonds. The van der Waals surface area contributed by atoms with Crippen molar-refractivity contribution in [1.82, 2.24) is 5.32 Å². The maximum absolute atomic E-state index is 5.62. The van der Waals surface area contributed by atoms with Crippen molar-refractivity contribution in [2.24, 2.45) is 0 Å². The van der Waals surface area contributed by atoms with Crippen LogP contribution in [-0.4, -0.2) is 17.2 Å². The quantitative estimate of drug-likeness (QED) is 0.666. The van der Waals surface area contributed by atoms with Gasteiger partial charge in [0.1, 0.15) is 6.61 Å². The summed E-state index contributed by atoms with van der Waals surface area (Å²) in [6.45, 7) is 9.34. The topological polar surface area (TPSA) is 30.5 Å². The normalized spacial score (nSPS) is 22.3. The van der Waals surface area contributed by atoms with Gasteiger partial charge in [-0.2, -0.15) is 0 Å². The van der Waals surface area contributed by atoms with Gasteiger partial charge in [0.05, 0.1) is 6.10 Å². The molecule has 1 aliphatic rings. The van der Waals surface area contributed by atoms with Crippen LogP contribution in [0.1, 0.15) is 46.1 Å². The van der Waals surface area contributed by atoms with Crippen LogP contribution in [0.5, 0.6) is 0 Å². The highest BCUT2D eigenvalue weighted by Crippen LogP contribution is 2.30. The molecule has 1 heterocycles. The number of rotatable bonds is 4. The monoisotopic (exact) mass is 263 g/mol. The van der Waals surface area contributed by atoms with Crippen LogP contribution in [0.4, 0.5) is 0 Å². The first-order chi connectivity index (χ1) is 8.86. The Morgan fingerprint density at radius 3 is 2.21 bits per heavy atom. The lowest BCUT2D eigenvalue weighted by molar-refractivity contribution is -0.342. The molecular weight excluding hydrogens is 238 g/mol. The lowest BCUT2D eigenvalue weighted by atomic mass is 9.81. The fourth-order valence-electron chi connectivity index (χ4n) is 3.07. The summed E-state index contributed by atoms with van der Waals surface area (Å²) in [7, 11) is 0. The van der Waals surface area contributed by atoms with Crippen molar-refractivity contribution in [1.29, 1.82) is 0 Å². The third kappa shape index (κ3) is 4.60. The van der Waals surface area contributed by atoms with Crippen molar-refractivity contribution in [2.45, 2.75) is 64.3 Å². The Morgan fingerprint density at radius 2 is 1.63 bits per heavy atom. The van der Waals surface area contributed by atoms with Gasteiger partial charge in [0, 0.05) is 11.1 Å². The van der Waals surface area contributed by atoms with Gasteiger partial charge in [0.15, 0.2) is 0 Å². The first kappa shape index (κ1) is 14.5. The molecule has 0 aromatic heterocycles.